The lowest BCUT2D eigenvalue weighted by molar-refractivity contribution is -0.322. The molecule has 2 aromatic carbocycles. The maximum Gasteiger partial charge on any atom is 0.338 e. The third-order valence-corrected chi connectivity index (χ3v) is 6.78. The summed E-state index contributed by atoms with van der Waals surface area (Å²) in [5.74, 6) is -1.56. The van der Waals surface area contributed by atoms with Crippen LogP contribution in [0.15, 0.2) is 54.6 Å². The third-order valence-electron chi connectivity index (χ3n) is 6.78. The Kier molecular flexibility index (Phi) is 7.60. The number of esters is 1. The topological polar surface area (TPSA) is 76.1 Å². The van der Waals surface area contributed by atoms with Crippen LogP contribution < -0.4 is 0 Å². The number of aromatic carboxylic acids is 1. The van der Waals surface area contributed by atoms with E-state index in [9.17, 15) is 14.7 Å². The molecule has 0 aliphatic carbocycles. The lowest BCUT2D eigenvalue weighted by Crippen LogP contribution is -2.64. The first-order valence-electron chi connectivity index (χ1n) is 11.7. The molecule has 1 aliphatic rings. The van der Waals surface area contributed by atoms with E-state index in [2.05, 4.69) is 51.8 Å². The van der Waals surface area contributed by atoms with E-state index in [-0.39, 0.29) is 34.4 Å². The predicted octanol–water partition coefficient (Wildman–Crippen LogP) is 6.04. The zero-order valence-corrected chi connectivity index (χ0v) is 20.2. The van der Waals surface area contributed by atoms with Crippen molar-refractivity contribution in [1.82, 2.24) is 5.06 Å². The molecule has 1 aliphatic heterocycles. The van der Waals surface area contributed by atoms with E-state index >= 15 is 0 Å². The van der Waals surface area contributed by atoms with E-state index in [1.807, 2.05) is 18.2 Å². The fourth-order valence-electron chi connectivity index (χ4n) is 4.97. The van der Waals surface area contributed by atoms with Crippen LogP contribution in [0.5, 0.6) is 0 Å². The fourth-order valence-corrected chi connectivity index (χ4v) is 4.97. The third kappa shape index (κ3) is 5.45. The van der Waals surface area contributed by atoms with Gasteiger partial charge in [-0.3, -0.25) is 4.84 Å². The van der Waals surface area contributed by atoms with Crippen molar-refractivity contribution in [1.29, 1.82) is 0 Å². The van der Waals surface area contributed by atoms with Gasteiger partial charge in [0.1, 0.15) is 12.2 Å². The quantitative estimate of drug-likeness (QED) is 0.491. The Morgan fingerprint density at radius 1 is 1.03 bits per heavy atom. The molecule has 2 atom stereocenters. The summed E-state index contributed by atoms with van der Waals surface area (Å²) in [6.07, 6.45) is 2.54. The van der Waals surface area contributed by atoms with Gasteiger partial charge in [-0.1, -0.05) is 50.2 Å². The monoisotopic (exact) mass is 453 g/mol. The Hall–Kier alpha value is -2.70. The number of carboxylic acids is 1. The highest BCUT2D eigenvalue weighted by atomic mass is 16.7. The van der Waals surface area contributed by atoms with Gasteiger partial charge in [0.2, 0.25) is 0 Å². The number of nitrogens with zero attached hydrogens (tertiary/aromatic N) is 1. The first-order chi connectivity index (χ1) is 15.6. The number of carboxylic acid groups (broad SMARTS) is 1. The van der Waals surface area contributed by atoms with Crippen LogP contribution in [0.25, 0.3) is 0 Å². The smallest absolute Gasteiger partial charge is 0.338 e. The summed E-state index contributed by atoms with van der Waals surface area (Å²) in [5, 5.41) is 11.4. The van der Waals surface area contributed by atoms with Crippen LogP contribution in [0.4, 0.5) is 0 Å². The van der Waals surface area contributed by atoms with Crippen molar-refractivity contribution in [3.05, 3.63) is 71.3 Å². The van der Waals surface area contributed by atoms with Crippen molar-refractivity contribution in [2.45, 2.75) is 83.6 Å². The van der Waals surface area contributed by atoms with Gasteiger partial charge in [0, 0.05) is 23.9 Å². The van der Waals surface area contributed by atoms with Crippen molar-refractivity contribution in [2.75, 3.05) is 0 Å². The van der Waals surface area contributed by atoms with Crippen LogP contribution in [-0.4, -0.2) is 39.3 Å². The van der Waals surface area contributed by atoms with Crippen molar-refractivity contribution in [2.24, 2.45) is 0 Å². The summed E-state index contributed by atoms with van der Waals surface area (Å²) in [6, 6.07) is 16.1. The molecule has 1 N–H and O–H groups in total. The molecule has 6 heteroatoms. The molecule has 178 valence electrons. The minimum absolute atomic E-state index is 0.0689. The van der Waals surface area contributed by atoms with E-state index in [0.29, 0.717) is 12.8 Å². The summed E-state index contributed by atoms with van der Waals surface area (Å²) in [5.41, 5.74) is 0.767. The second-order valence-electron chi connectivity index (χ2n) is 9.52. The molecule has 0 amide bonds. The lowest BCUT2D eigenvalue weighted by atomic mass is 9.75. The van der Waals surface area contributed by atoms with E-state index in [0.717, 1.165) is 18.4 Å². The summed E-state index contributed by atoms with van der Waals surface area (Å²) in [7, 11) is 0. The maximum atomic E-state index is 12.9. The number of carbonyl (C=O) groups excluding carboxylic acids is 1. The van der Waals surface area contributed by atoms with Gasteiger partial charge in [-0.05, 0) is 57.4 Å². The van der Waals surface area contributed by atoms with Gasteiger partial charge in [0.25, 0.3) is 0 Å². The molecular weight excluding hydrogens is 418 g/mol. The maximum absolute atomic E-state index is 12.9. The molecule has 0 radical (unpaired) electrons. The van der Waals surface area contributed by atoms with Crippen LogP contribution in [0, 0.1) is 0 Å². The second-order valence-corrected chi connectivity index (χ2v) is 9.52. The van der Waals surface area contributed by atoms with Crippen molar-refractivity contribution in [3.8, 4) is 0 Å². The number of hydrogen-bond acceptors (Lipinski definition) is 5. The second kappa shape index (κ2) is 10.1. The largest absolute Gasteiger partial charge is 0.478 e. The van der Waals surface area contributed by atoms with Crippen LogP contribution in [0.2, 0.25) is 0 Å². The Morgan fingerprint density at radius 3 is 2.27 bits per heavy atom. The van der Waals surface area contributed by atoms with Crippen LogP contribution in [0.1, 0.15) is 92.7 Å². The number of rotatable bonds is 8. The normalized spacial score (nSPS) is 20.7. The molecule has 0 aromatic heterocycles. The number of ether oxygens (including phenoxy) is 1. The average molecular weight is 454 g/mol. The average Bonchev–Trinajstić information content (AvgIpc) is 2.80. The zero-order chi connectivity index (χ0) is 24.2. The molecule has 2 unspecified atom stereocenters. The van der Waals surface area contributed by atoms with E-state index in [4.69, 9.17) is 9.57 Å². The molecule has 1 fully saturated rings. The SMILES string of the molecule is CCC1(CC)CC(OC(=O)c2cccc(C(=O)O)c2)CC(C)(C)N1OC(C)c1ccccc1. The highest BCUT2D eigenvalue weighted by Gasteiger charge is 2.51. The standard InChI is InChI=1S/C27H35NO5/c1-6-27(7-2)18-23(32-25(31)22-15-11-14-21(16-22)24(29)30)17-26(4,5)28(27)33-19(3)20-12-9-8-10-13-20/h8-16,19,23H,6-7,17-18H2,1-5H3,(H,29,30). The molecule has 2 aromatic rings. The van der Waals surface area contributed by atoms with Gasteiger partial charge >= 0.3 is 11.9 Å². The number of hydrogen-bond donors (Lipinski definition) is 1. The highest BCUT2D eigenvalue weighted by Crippen LogP contribution is 2.45. The van der Waals surface area contributed by atoms with Gasteiger partial charge in [-0.25, -0.2) is 9.59 Å². The number of benzene rings is 2. The Morgan fingerprint density at radius 2 is 1.67 bits per heavy atom. The Labute approximate surface area is 196 Å². The summed E-state index contributed by atoms with van der Waals surface area (Å²) < 4.78 is 5.93. The lowest BCUT2D eigenvalue weighted by Gasteiger charge is -2.56. The molecule has 1 saturated heterocycles. The summed E-state index contributed by atoms with van der Waals surface area (Å²) in [6.45, 7) is 10.6. The number of hydroxylamine groups is 2. The summed E-state index contributed by atoms with van der Waals surface area (Å²) in [4.78, 5) is 30.7. The molecular formula is C27H35NO5. The number of piperidine rings is 1. The first kappa shape index (κ1) is 24.9. The minimum atomic E-state index is -1.07. The molecule has 3 rings (SSSR count). The molecule has 0 spiro atoms. The minimum Gasteiger partial charge on any atom is -0.478 e. The van der Waals surface area contributed by atoms with Crippen molar-refractivity contribution >= 4 is 11.9 Å². The van der Waals surface area contributed by atoms with Crippen LogP contribution in [0.3, 0.4) is 0 Å². The van der Waals surface area contributed by atoms with E-state index in [1.54, 1.807) is 12.1 Å². The van der Waals surface area contributed by atoms with Crippen LogP contribution in [-0.2, 0) is 9.57 Å². The highest BCUT2D eigenvalue weighted by molar-refractivity contribution is 5.94. The Bertz CT molecular complexity index is 967. The fraction of sp³-hybridized carbons (Fsp3) is 0.481. The van der Waals surface area contributed by atoms with E-state index < -0.39 is 11.9 Å². The molecule has 0 saturated carbocycles. The molecule has 6 nitrogen and oxygen atoms in total. The van der Waals surface area contributed by atoms with Gasteiger partial charge in [0.15, 0.2) is 0 Å². The van der Waals surface area contributed by atoms with Gasteiger partial charge in [-0.2, -0.15) is 5.06 Å². The van der Waals surface area contributed by atoms with Crippen LogP contribution >= 0.6 is 0 Å². The van der Waals surface area contributed by atoms with E-state index in [1.165, 1.54) is 12.1 Å². The van der Waals surface area contributed by atoms with Gasteiger partial charge < -0.3 is 9.84 Å². The van der Waals surface area contributed by atoms with Gasteiger partial charge in [0.05, 0.1) is 11.1 Å². The predicted molar refractivity (Wildman–Crippen MR) is 127 cm³/mol. The number of carbonyl (C=O) groups is 2. The van der Waals surface area contributed by atoms with Crippen molar-refractivity contribution in [3.63, 3.8) is 0 Å². The molecule has 33 heavy (non-hydrogen) atoms. The van der Waals surface area contributed by atoms with Crippen molar-refractivity contribution < 1.29 is 24.3 Å². The molecule has 0 bridgehead atoms. The summed E-state index contributed by atoms with van der Waals surface area (Å²) >= 11 is 0. The van der Waals surface area contributed by atoms with Gasteiger partial charge in [-0.15, -0.1) is 0 Å². The first-order valence-corrected chi connectivity index (χ1v) is 11.7. The zero-order valence-electron chi connectivity index (χ0n) is 20.2. The molecule has 1 heterocycles. The Balaban J connectivity index is 1.81.